The number of benzene rings is 8. The number of hydrogen-bond donors (Lipinski definition) is 3. The highest BCUT2D eigenvalue weighted by Crippen LogP contribution is 2.62. The van der Waals surface area contributed by atoms with Crippen LogP contribution in [0, 0.1) is 64.1 Å². The summed E-state index contributed by atoms with van der Waals surface area (Å²) >= 11 is 62.7. The number of pyridine rings is 1. The summed E-state index contributed by atoms with van der Waals surface area (Å²) in [5, 5.41) is 28.3. The Morgan fingerprint density at radius 2 is 0.992 bits per heavy atom. The van der Waals surface area contributed by atoms with Crippen LogP contribution in [0.4, 0.5) is 32.3 Å². The van der Waals surface area contributed by atoms with Crippen molar-refractivity contribution in [2.45, 2.75) is 101 Å². The SMILES string of the molecule is CC1(C)[C@H](C(=O)O[C@H](C#N)c2cccc(Oc3ccccc3)c2)[C@@H]1C=C(Cl)Cl.CC1(C)[C@H](C=C(Cl)Cl)[C@@H]1C(=O)O[C@@H](C#N)c1cccc(Oc2ccccc2)c1.CCC(=O)Nc1ccc(Cl)c(Cl)c1.CCOP(=S)(OCC)Oc1nc(Cl)c(Cl)cc1Cl.CCc1cccc(CC)c1N(COC)C(=O)CCl.COC(=O)Nc1cccc(OC(=O)Nc2cccc(C)c2)c1. The Morgan fingerprint density at radius 3 is 1.43 bits per heavy atom. The summed E-state index contributed by atoms with van der Waals surface area (Å²) in [5.74, 6) is 0.725. The zero-order chi connectivity index (χ0) is 93.7. The van der Waals surface area contributed by atoms with E-state index in [0.717, 1.165) is 35.2 Å². The van der Waals surface area contributed by atoms with E-state index >= 15 is 0 Å². The molecule has 23 nitrogen and oxygen atoms in total. The molecule has 127 heavy (non-hydrogen) atoms. The number of halogens is 10. The summed E-state index contributed by atoms with van der Waals surface area (Å²) in [6.07, 6.45) is 2.22. The quantitative estimate of drug-likeness (QED) is 0.00980. The third kappa shape index (κ3) is 34.2. The number of methoxy groups -OCH3 is 2. The van der Waals surface area contributed by atoms with Crippen LogP contribution in [0.3, 0.4) is 0 Å². The molecule has 8 aromatic carbocycles. The van der Waals surface area contributed by atoms with Gasteiger partial charge in [0.1, 0.15) is 67.5 Å². The van der Waals surface area contributed by atoms with Crippen LogP contribution in [0.5, 0.6) is 34.6 Å². The van der Waals surface area contributed by atoms with Crippen LogP contribution in [0.15, 0.2) is 221 Å². The van der Waals surface area contributed by atoms with Gasteiger partial charge in [-0.05, 0) is 182 Å². The first-order chi connectivity index (χ1) is 60.4. The number of alkyl halides is 1. The number of rotatable bonds is 29. The van der Waals surface area contributed by atoms with E-state index in [4.69, 9.17) is 170 Å². The van der Waals surface area contributed by atoms with Crippen LogP contribution in [-0.4, -0.2) is 81.0 Å². The lowest BCUT2D eigenvalue weighted by Gasteiger charge is -2.26. The molecule has 0 saturated heterocycles. The number of nitrogens with zero attached hydrogens (tertiary/aromatic N) is 4. The Hall–Kier alpha value is -9.38. The first-order valence-electron chi connectivity index (χ1n) is 39.2. The summed E-state index contributed by atoms with van der Waals surface area (Å²) in [7, 11) is 2.85. The first-order valence-corrected chi connectivity index (χ1v) is 45.7. The predicted octanol–water partition coefficient (Wildman–Crippen LogP) is 27.2. The number of allylic oxidation sites excluding steroid dienone is 2. The molecule has 674 valence electrons. The topological polar surface area (TPSA) is 295 Å². The van der Waals surface area contributed by atoms with Crippen molar-refractivity contribution < 1.29 is 75.5 Å². The average molecular weight is 1970 g/mol. The lowest BCUT2D eigenvalue weighted by molar-refractivity contribution is -0.150. The fourth-order valence-electron chi connectivity index (χ4n) is 12.2. The predicted molar refractivity (Wildman–Crippen MR) is 507 cm³/mol. The molecular weight excluding hydrogens is 1880 g/mol. The molecule has 2 fully saturated rings. The molecule has 0 aliphatic heterocycles. The summed E-state index contributed by atoms with van der Waals surface area (Å²) < 4.78 is 53.6. The number of nitriles is 2. The molecule has 4 amide bonds. The number of amides is 4. The zero-order valence-electron chi connectivity index (χ0n) is 71.1. The number of para-hydroxylation sites is 3. The molecular formula is C92H94Cl10N7O16PS. The van der Waals surface area contributed by atoms with E-state index in [9.17, 15) is 39.3 Å². The molecule has 1 heterocycles. The van der Waals surface area contributed by atoms with Crippen molar-refractivity contribution >= 4 is 193 Å². The van der Waals surface area contributed by atoms with Gasteiger partial charge in [0.05, 0.1) is 52.9 Å². The molecule has 9 aromatic rings. The van der Waals surface area contributed by atoms with Crippen LogP contribution in [0.2, 0.25) is 25.2 Å². The fraction of sp³-hybridized carbons (Fsp3) is 0.293. The monoisotopic (exact) mass is 1970 g/mol. The van der Waals surface area contributed by atoms with E-state index in [1.54, 1.807) is 136 Å². The van der Waals surface area contributed by atoms with Crippen molar-refractivity contribution in [1.29, 1.82) is 10.5 Å². The number of carbonyl (C=O) groups excluding carboxylic acids is 6. The van der Waals surface area contributed by atoms with Gasteiger partial charge >= 0.3 is 30.8 Å². The van der Waals surface area contributed by atoms with Crippen molar-refractivity contribution in [2.75, 3.05) is 60.9 Å². The highest BCUT2D eigenvalue weighted by molar-refractivity contribution is 8.07. The summed E-state index contributed by atoms with van der Waals surface area (Å²) in [6.45, 7) is 17.2. The molecule has 1 aromatic heterocycles. The molecule has 2 aliphatic carbocycles. The first kappa shape index (κ1) is 106. The minimum absolute atomic E-state index is 0.0371. The van der Waals surface area contributed by atoms with Gasteiger partial charge in [0.15, 0.2) is 5.15 Å². The van der Waals surface area contributed by atoms with Gasteiger partial charge in [-0.3, -0.25) is 43.8 Å². The van der Waals surface area contributed by atoms with Gasteiger partial charge in [-0.2, -0.15) is 15.5 Å². The smallest absolute Gasteiger partial charge is 0.417 e. The summed E-state index contributed by atoms with van der Waals surface area (Å²) in [6, 6.07) is 62.9. The molecule has 0 bridgehead atoms. The second kappa shape index (κ2) is 52.9. The Bertz CT molecular complexity index is 5230. The standard InChI is InChI=1S/2C22H19Cl2NO3.C16H16N2O4.C14H20ClNO2.C9H11Cl3NO3PS.C9H9Cl2NO/c2*1-22(2)17(12-19(23)24)20(22)21(26)28-18(13-25)14-7-6-10-16(11-14)27-15-8-4-3-5-9-15;1-11-5-3-6-12(9-11)18-16(20)22-14-8-4-7-13(10-14)17-15(19)21-2;1-4-11-7-6-8-12(5-2)14(11)16(10-18-3)13(17)9-15;1-3-14-17(18,15-4-2)16-9-7(11)5-6(10)8(12)13-9;1-2-9(13)12-6-3-4-7(10)8(11)5-6/h2*3-12,17-18,20H,1-2H3;3-10H,1-2H3,(H,17,19)(H,18,20);6-8H,4-5,9-10H2,1-3H3;5H,3-4H2,1-2H3;3-5H,2H2,1H3,(H,12,13)/t2*17-,18+,20-;;;;/m10..../s1. The highest BCUT2D eigenvalue weighted by atomic mass is 35.5. The number of aryl methyl sites for hydroxylation is 3. The fourth-order valence-corrected chi connectivity index (χ4v) is 15.8. The summed E-state index contributed by atoms with van der Waals surface area (Å²) in [4.78, 5) is 76.7. The number of nitrogens with one attached hydrogen (secondary N) is 3. The maximum absolute atomic E-state index is 12.6. The number of hydrogen-bond acceptors (Lipinski definition) is 20. The van der Waals surface area contributed by atoms with Crippen LogP contribution < -0.4 is 39.6 Å². The maximum Gasteiger partial charge on any atom is 0.417 e. The number of esters is 2. The molecule has 0 spiro atoms. The normalized spacial score (nSPS) is 14.8. The maximum atomic E-state index is 12.6. The van der Waals surface area contributed by atoms with E-state index < -0.39 is 43.1 Å². The molecule has 3 N–H and O–H groups in total. The molecule has 0 unspecified atom stereocenters. The molecule has 11 rings (SSSR count). The van der Waals surface area contributed by atoms with Gasteiger partial charge < -0.3 is 43.0 Å². The second-order valence-corrected chi connectivity index (χ2v) is 35.6. The van der Waals surface area contributed by atoms with E-state index in [1.165, 1.54) is 19.2 Å². The van der Waals surface area contributed by atoms with E-state index in [1.807, 2.05) is 144 Å². The van der Waals surface area contributed by atoms with Gasteiger partial charge in [0.25, 0.3) is 0 Å². The minimum atomic E-state index is -2.92. The lowest BCUT2D eigenvalue weighted by Crippen LogP contribution is -2.35. The highest BCUT2D eigenvalue weighted by Gasteiger charge is 2.63. The minimum Gasteiger partial charge on any atom is -0.457 e. The van der Waals surface area contributed by atoms with Gasteiger partial charge in [-0.15, -0.1) is 11.6 Å². The Labute approximate surface area is 795 Å². The van der Waals surface area contributed by atoms with Gasteiger partial charge in [-0.25, -0.2) is 9.59 Å². The van der Waals surface area contributed by atoms with Crippen LogP contribution >= 0.6 is 123 Å². The largest absolute Gasteiger partial charge is 0.457 e. The zero-order valence-corrected chi connectivity index (χ0v) is 80.3. The number of aromatic nitrogens is 1. The van der Waals surface area contributed by atoms with Gasteiger partial charge in [0.2, 0.25) is 29.9 Å². The lowest BCUT2D eigenvalue weighted by atomic mass is 10.0. The second-order valence-electron chi connectivity index (χ2n) is 28.4. The van der Waals surface area contributed by atoms with E-state index in [-0.39, 0.29) is 89.0 Å². The third-order valence-corrected chi connectivity index (χ3v) is 23.5. The van der Waals surface area contributed by atoms with Crippen LogP contribution in [0.1, 0.15) is 109 Å². The molecule has 2 aliphatic rings. The summed E-state index contributed by atoms with van der Waals surface area (Å²) in [5.41, 5.74) is 6.51. The average Bonchev–Trinajstić information content (AvgIpc) is 1.57. The van der Waals surface area contributed by atoms with Crippen molar-refractivity contribution in [3.8, 4) is 46.8 Å². The molecule has 2 saturated carbocycles. The van der Waals surface area contributed by atoms with Crippen molar-refractivity contribution in [1.82, 2.24) is 4.98 Å². The van der Waals surface area contributed by atoms with Gasteiger partial charge in [-0.1, -0.05) is 250 Å². The number of anilines is 4. The third-order valence-electron chi connectivity index (χ3n) is 18.7. The van der Waals surface area contributed by atoms with Crippen molar-refractivity contribution in [3.05, 3.63) is 274 Å². The Morgan fingerprint density at radius 1 is 0.535 bits per heavy atom. The van der Waals surface area contributed by atoms with Gasteiger partial charge in [0, 0.05) is 59.6 Å². The van der Waals surface area contributed by atoms with Crippen LogP contribution in [-0.2, 0) is 71.8 Å². The van der Waals surface area contributed by atoms with Crippen molar-refractivity contribution in [2.24, 2.45) is 34.5 Å². The number of ether oxygens (including phenoxy) is 7. The van der Waals surface area contributed by atoms with E-state index in [2.05, 4.69) is 39.5 Å². The molecule has 0 radical (unpaired) electrons. The Balaban J connectivity index is 0.000000239. The molecule has 6 atom stereocenters. The number of carbonyl (C=O) groups is 6. The van der Waals surface area contributed by atoms with E-state index in [0.29, 0.717) is 86.6 Å². The Kier molecular flexibility index (Phi) is 44.3. The molecule has 35 heteroatoms. The van der Waals surface area contributed by atoms with Crippen molar-refractivity contribution in [3.63, 3.8) is 0 Å². The van der Waals surface area contributed by atoms with Crippen LogP contribution in [0.25, 0.3) is 0 Å².